The highest BCUT2D eigenvalue weighted by Gasteiger charge is 2.30. The number of nitrogens with one attached hydrogen (secondary N) is 2. The molecule has 0 saturated heterocycles. The molecule has 28 heavy (non-hydrogen) atoms. The van der Waals surface area contributed by atoms with Gasteiger partial charge in [0, 0.05) is 25.1 Å². The third-order valence-electron chi connectivity index (χ3n) is 4.07. The molecular formula is C19H15F5N2O2. The Hall–Kier alpha value is -3.10. The summed E-state index contributed by atoms with van der Waals surface area (Å²) < 4.78 is 71.9. The lowest BCUT2D eigenvalue weighted by Crippen LogP contribution is -2.08. The third-order valence-corrected chi connectivity index (χ3v) is 4.07. The zero-order valence-corrected chi connectivity index (χ0v) is 14.6. The Morgan fingerprint density at radius 1 is 1.18 bits per heavy atom. The molecule has 4 nitrogen and oxygen atoms in total. The van der Waals surface area contributed by atoms with Gasteiger partial charge in [0.1, 0.15) is 17.4 Å². The number of alkyl halides is 3. The number of carbonyl (C=O) groups excluding carboxylic acids is 1. The van der Waals surface area contributed by atoms with Crippen LogP contribution in [-0.4, -0.2) is 17.5 Å². The van der Waals surface area contributed by atoms with Crippen molar-refractivity contribution in [1.82, 2.24) is 4.98 Å². The molecule has 1 heterocycles. The quantitative estimate of drug-likeness (QED) is 0.592. The Balaban J connectivity index is 1.76. The van der Waals surface area contributed by atoms with Gasteiger partial charge in [0.25, 0.3) is 0 Å². The van der Waals surface area contributed by atoms with E-state index in [-0.39, 0.29) is 40.9 Å². The van der Waals surface area contributed by atoms with E-state index in [1.807, 2.05) is 0 Å². The van der Waals surface area contributed by atoms with E-state index in [1.165, 1.54) is 13.1 Å². The van der Waals surface area contributed by atoms with E-state index in [9.17, 15) is 26.7 Å². The number of amides is 1. The number of halogens is 5. The molecule has 2 aromatic carbocycles. The smallest absolute Gasteiger partial charge is 0.416 e. The molecule has 0 atom stereocenters. The van der Waals surface area contributed by atoms with Gasteiger partial charge in [-0.1, -0.05) is 0 Å². The SMILES string of the molecule is CC(=O)Nc1c[nH]c2cc(F)c(CCOc3ccc(C(F)(F)F)cc3)c(F)c12. The van der Waals surface area contributed by atoms with E-state index in [2.05, 4.69) is 10.3 Å². The molecule has 1 aromatic heterocycles. The van der Waals surface area contributed by atoms with Crippen molar-refractivity contribution in [2.24, 2.45) is 0 Å². The summed E-state index contributed by atoms with van der Waals surface area (Å²) in [6.07, 6.45) is -3.25. The van der Waals surface area contributed by atoms with E-state index >= 15 is 0 Å². The summed E-state index contributed by atoms with van der Waals surface area (Å²) in [7, 11) is 0. The second-order valence-corrected chi connectivity index (χ2v) is 6.08. The highest BCUT2D eigenvalue weighted by molar-refractivity contribution is 6.01. The maximum Gasteiger partial charge on any atom is 0.416 e. The molecule has 3 aromatic rings. The average molecular weight is 398 g/mol. The molecule has 0 saturated carbocycles. The minimum Gasteiger partial charge on any atom is -0.493 e. The van der Waals surface area contributed by atoms with Crippen molar-refractivity contribution in [3.63, 3.8) is 0 Å². The van der Waals surface area contributed by atoms with Gasteiger partial charge in [-0.25, -0.2) is 8.78 Å². The minimum absolute atomic E-state index is 0.0427. The fraction of sp³-hybridized carbons (Fsp3) is 0.211. The molecule has 1 amide bonds. The van der Waals surface area contributed by atoms with Gasteiger partial charge < -0.3 is 15.0 Å². The Kier molecular flexibility index (Phi) is 5.26. The predicted octanol–water partition coefficient (Wildman–Crippen LogP) is 5.04. The first-order valence-corrected chi connectivity index (χ1v) is 8.22. The van der Waals surface area contributed by atoms with Crippen LogP contribution >= 0.6 is 0 Å². The van der Waals surface area contributed by atoms with Gasteiger partial charge in [-0.3, -0.25) is 4.79 Å². The van der Waals surface area contributed by atoms with Crippen LogP contribution in [0, 0.1) is 11.6 Å². The lowest BCUT2D eigenvalue weighted by Gasteiger charge is -2.11. The minimum atomic E-state index is -4.46. The van der Waals surface area contributed by atoms with Crippen molar-refractivity contribution in [3.8, 4) is 5.75 Å². The summed E-state index contributed by atoms with van der Waals surface area (Å²) in [6, 6.07) is 5.11. The molecule has 3 rings (SSSR count). The highest BCUT2D eigenvalue weighted by atomic mass is 19.4. The zero-order chi connectivity index (χ0) is 20.5. The lowest BCUT2D eigenvalue weighted by molar-refractivity contribution is -0.137. The number of ether oxygens (including phenoxy) is 1. The van der Waals surface area contributed by atoms with Crippen LogP contribution in [0.3, 0.4) is 0 Å². The van der Waals surface area contributed by atoms with Crippen molar-refractivity contribution in [1.29, 1.82) is 0 Å². The van der Waals surface area contributed by atoms with Crippen LogP contribution in [0.4, 0.5) is 27.6 Å². The molecule has 148 valence electrons. The Bertz CT molecular complexity index is 1010. The molecule has 0 aliphatic rings. The van der Waals surface area contributed by atoms with Gasteiger partial charge >= 0.3 is 6.18 Å². The molecule has 2 N–H and O–H groups in total. The van der Waals surface area contributed by atoms with Crippen molar-refractivity contribution < 1.29 is 31.5 Å². The first-order valence-electron chi connectivity index (χ1n) is 8.22. The molecule has 0 spiro atoms. The van der Waals surface area contributed by atoms with Gasteiger partial charge in [0.2, 0.25) is 5.91 Å². The summed E-state index contributed by atoms with van der Waals surface area (Å²) in [5, 5.41) is 2.50. The largest absolute Gasteiger partial charge is 0.493 e. The van der Waals surface area contributed by atoms with Crippen LogP contribution in [0.15, 0.2) is 36.5 Å². The van der Waals surface area contributed by atoms with E-state index in [1.54, 1.807) is 0 Å². The first kappa shape index (κ1) is 19.7. The van der Waals surface area contributed by atoms with Crippen molar-refractivity contribution in [2.45, 2.75) is 19.5 Å². The molecule has 0 aliphatic heterocycles. The number of benzene rings is 2. The molecule has 0 fully saturated rings. The van der Waals surface area contributed by atoms with Gasteiger partial charge in [-0.05, 0) is 30.3 Å². The summed E-state index contributed by atoms with van der Waals surface area (Å²) >= 11 is 0. The van der Waals surface area contributed by atoms with Crippen LogP contribution in [0.5, 0.6) is 5.75 Å². The third kappa shape index (κ3) is 4.08. The highest BCUT2D eigenvalue weighted by Crippen LogP contribution is 2.31. The van der Waals surface area contributed by atoms with Gasteiger partial charge in [0.15, 0.2) is 0 Å². The number of hydrogen-bond acceptors (Lipinski definition) is 2. The fourth-order valence-electron chi connectivity index (χ4n) is 2.79. The van der Waals surface area contributed by atoms with E-state index < -0.39 is 29.3 Å². The second-order valence-electron chi connectivity index (χ2n) is 6.08. The zero-order valence-electron chi connectivity index (χ0n) is 14.6. The average Bonchev–Trinajstić information content (AvgIpc) is 2.99. The number of anilines is 1. The number of carbonyl (C=O) groups is 1. The van der Waals surface area contributed by atoms with E-state index in [0.717, 1.165) is 30.3 Å². The molecule has 0 radical (unpaired) electrons. The van der Waals surface area contributed by atoms with Crippen LogP contribution in [0.2, 0.25) is 0 Å². The number of aromatic amines is 1. The normalized spacial score (nSPS) is 11.6. The van der Waals surface area contributed by atoms with Crippen molar-refractivity contribution >= 4 is 22.5 Å². The molecule has 0 bridgehead atoms. The van der Waals surface area contributed by atoms with Crippen molar-refractivity contribution in [3.05, 3.63) is 59.3 Å². The van der Waals surface area contributed by atoms with Gasteiger partial charge in [-0.2, -0.15) is 13.2 Å². The summed E-state index contributed by atoms with van der Waals surface area (Å²) in [5.41, 5.74) is -0.693. The second kappa shape index (κ2) is 7.49. The molecule has 0 aliphatic carbocycles. The van der Waals surface area contributed by atoms with Crippen LogP contribution in [0.25, 0.3) is 10.9 Å². The monoisotopic (exact) mass is 398 g/mol. The summed E-state index contributed by atoms with van der Waals surface area (Å²) in [6.45, 7) is 1.11. The molecule has 9 heteroatoms. The predicted molar refractivity (Wildman–Crippen MR) is 93.2 cm³/mol. The van der Waals surface area contributed by atoms with Gasteiger partial charge in [0.05, 0.1) is 28.8 Å². The molecule has 0 unspecified atom stereocenters. The summed E-state index contributed by atoms with van der Waals surface area (Å²) in [5.74, 6) is -1.89. The number of rotatable bonds is 5. The number of hydrogen-bond donors (Lipinski definition) is 2. The van der Waals surface area contributed by atoms with Crippen LogP contribution in [0.1, 0.15) is 18.1 Å². The number of H-pyrrole nitrogens is 1. The maximum atomic E-state index is 14.8. The Labute approximate surface area is 156 Å². The van der Waals surface area contributed by atoms with Gasteiger partial charge in [-0.15, -0.1) is 0 Å². The van der Waals surface area contributed by atoms with E-state index in [0.29, 0.717) is 0 Å². The maximum absolute atomic E-state index is 14.8. The van der Waals surface area contributed by atoms with Crippen molar-refractivity contribution in [2.75, 3.05) is 11.9 Å². The summed E-state index contributed by atoms with van der Waals surface area (Å²) in [4.78, 5) is 13.9. The number of aromatic nitrogens is 1. The standard InChI is InChI=1S/C19H15F5N2O2/c1-10(27)26-16-9-25-15-8-14(20)13(18(21)17(15)16)6-7-28-12-4-2-11(3-5-12)19(22,23)24/h2-5,8-9,25H,6-7H2,1H3,(H,26,27). The van der Waals surface area contributed by atoms with E-state index in [4.69, 9.17) is 4.74 Å². The number of fused-ring (bicyclic) bond motifs is 1. The molecular weight excluding hydrogens is 383 g/mol. The first-order chi connectivity index (χ1) is 13.2. The lowest BCUT2D eigenvalue weighted by atomic mass is 10.1. The Morgan fingerprint density at radius 3 is 2.46 bits per heavy atom. The topological polar surface area (TPSA) is 54.1 Å². The van der Waals surface area contributed by atoms with Crippen LogP contribution < -0.4 is 10.1 Å². The fourth-order valence-corrected chi connectivity index (χ4v) is 2.79. The van der Waals surface area contributed by atoms with Crippen LogP contribution in [-0.2, 0) is 17.4 Å². The Morgan fingerprint density at radius 2 is 1.86 bits per heavy atom.